The molecular formula is C23H15NO2. The Labute approximate surface area is 150 Å². The van der Waals surface area contributed by atoms with Crippen LogP contribution in [0.2, 0.25) is 0 Å². The van der Waals surface area contributed by atoms with Gasteiger partial charge >= 0.3 is 6.09 Å². The first-order valence-electron chi connectivity index (χ1n) is 8.51. The van der Waals surface area contributed by atoms with Crippen molar-refractivity contribution in [2.75, 3.05) is 0 Å². The van der Waals surface area contributed by atoms with Gasteiger partial charge in [0.05, 0.1) is 11.0 Å². The molecule has 0 saturated carbocycles. The van der Waals surface area contributed by atoms with Crippen LogP contribution in [0.4, 0.5) is 4.79 Å². The molecule has 0 spiro atoms. The molecule has 0 bridgehead atoms. The molecule has 1 heterocycles. The van der Waals surface area contributed by atoms with Crippen LogP contribution in [0, 0.1) is 0 Å². The van der Waals surface area contributed by atoms with Crippen LogP contribution in [0.5, 0.6) is 5.75 Å². The molecule has 0 unspecified atom stereocenters. The van der Waals surface area contributed by atoms with Gasteiger partial charge in [-0.1, -0.05) is 72.8 Å². The van der Waals surface area contributed by atoms with E-state index >= 15 is 0 Å². The van der Waals surface area contributed by atoms with E-state index in [1.54, 1.807) is 4.57 Å². The van der Waals surface area contributed by atoms with Crippen molar-refractivity contribution < 1.29 is 9.53 Å². The molecule has 26 heavy (non-hydrogen) atoms. The Morgan fingerprint density at radius 3 is 1.85 bits per heavy atom. The van der Waals surface area contributed by atoms with E-state index in [1.807, 2.05) is 91.0 Å². The predicted molar refractivity (Wildman–Crippen MR) is 105 cm³/mol. The quantitative estimate of drug-likeness (QED) is 0.376. The molecule has 5 rings (SSSR count). The van der Waals surface area contributed by atoms with Gasteiger partial charge in [0.15, 0.2) is 0 Å². The van der Waals surface area contributed by atoms with E-state index in [4.69, 9.17) is 4.74 Å². The van der Waals surface area contributed by atoms with Crippen LogP contribution in [0.1, 0.15) is 0 Å². The fraction of sp³-hybridized carbons (Fsp3) is 0. The summed E-state index contributed by atoms with van der Waals surface area (Å²) in [7, 11) is 0. The zero-order valence-electron chi connectivity index (χ0n) is 13.9. The molecule has 1 aromatic heterocycles. The van der Waals surface area contributed by atoms with Gasteiger partial charge in [-0.3, -0.25) is 0 Å². The summed E-state index contributed by atoms with van der Waals surface area (Å²) in [6, 6.07) is 29.4. The van der Waals surface area contributed by atoms with Crippen LogP contribution in [0.15, 0.2) is 91.0 Å². The summed E-state index contributed by atoms with van der Waals surface area (Å²) in [6.07, 6.45) is -0.404. The molecule has 0 atom stereocenters. The molecule has 0 fully saturated rings. The number of aromatic nitrogens is 1. The topological polar surface area (TPSA) is 31.2 Å². The monoisotopic (exact) mass is 337 g/mol. The number of para-hydroxylation sites is 2. The van der Waals surface area contributed by atoms with Crippen molar-refractivity contribution in [3.63, 3.8) is 0 Å². The van der Waals surface area contributed by atoms with Gasteiger partial charge in [-0.2, -0.15) is 0 Å². The Morgan fingerprint density at radius 1 is 0.615 bits per heavy atom. The molecule has 0 radical (unpaired) electrons. The minimum absolute atomic E-state index is 0.404. The average molecular weight is 337 g/mol. The number of carbonyl (C=O) groups excluding carboxylic acids is 1. The first-order chi connectivity index (χ1) is 12.8. The summed E-state index contributed by atoms with van der Waals surface area (Å²) in [5.74, 6) is 0.565. The van der Waals surface area contributed by atoms with Crippen LogP contribution in [0.25, 0.3) is 32.6 Å². The van der Waals surface area contributed by atoms with Crippen molar-refractivity contribution in [3.05, 3.63) is 91.0 Å². The second kappa shape index (κ2) is 5.74. The van der Waals surface area contributed by atoms with Gasteiger partial charge < -0.3 is 4.74 Å². The molecular weight excluding hydrogens is 322 g/mol. The largest absolute Gasteiger partial charge is 0.424 e. The zero-order valence-corrected chi connectivity index (χ0v) is 13.9. The Bertz CT molecular complexity index is 1220. The lowest BCUT2D eigenvalue weighted by Crippen LogP contribution is -2.16. The number of hydrogen-bond donors (Lipinski definition) is 0. The van der Waals surface area contributed by atoms with Crippen LogP contribution in [-0.2, 0) is 0 Å². The lowest BCUT2D eigenvalue weighted by molar-refractivity contribution is 0.205. The maximum Gasteiger partial charge on any atom is 0.424 e. The van der Waals surface area contributed by atoms with Gasteiger partial charge in [0.25, 0.3) is 0 Å². The number of nitrogens with zero attached hydrogens (tertiary/aromatic N) is 1. The van der Waals surface area contributed by atoms with Gasteiger partial charge in [0.1, 0.15) is 5.75 Å². The Balaban J connectivity index is 1.69. The van der Waals surface area contributed by atoms with Gasteiger partial charge in [-0.15, -0.1) is 0 Å². The van der Waals surface area contributed by atoms with Crippen molar-refractivity contribution in [1.82, 2.24) is 4.57 Å². The van der Waals surface area contributed by atoms with Crippen molar-refractivity contribution in [2.45, 2.75) is 0 Å². The summed E-state index contributed by atoms with van der Waals surface area (Å²) in [5.41, 5.74) is 1.69. The average Bonchev–Trinajstić information content (AvgIpc) is 3.03. The highest BCUT2D eigenvalue weighted by Crippen LogP contribution is 2.30. The molecule has 124 valence electrons. The number of ether oxygens (including phenoxy) is 1. The molecule has 0 amide bonds. The lowest BCUT2D eigenvalue weighted by Gasteiger charge is -2.10. The van der Waals surface area contributed by atoms with Crippen molar-refractivity contribution >= 4 is 38.7 Å². The fourth-order valence-electron chi connectivity index (χ4n) is 3.54. The number of carbonyl (C=O) groups is 1. The molecule has 0 saturated heterocycles. The van der Waals surface area contributed by atoms with Crippen LogP contribution < -0.4 is 4.74 Å². The molecule has 0 aliphatic heterocycles. The lowest BCUT2D eigenvalue weighted by atomic mass is 10.1. The van der Waals surface area contributed by atoms with E-state index in [0.29, 0.717) is 5.75 Å². The summed E-state index contributed by atoms with van der Waals surface area (Å²) < 4.78 is 7.46. The molecule has 0 N–H and O–H groups in total. The molecule has 3 nitrogen and oxygen atoms in total. The highest BCUT2D eigenvalue weighted by Gasteiger charge is 2.17. The molecule has 3 heteroatoms. The van der Waals surface area contributed by atoms with Crippen LogP contribution >= 0.6 is 0 Å². The number of benzene rings is 4. The van der Waals surface area contributed by atoms with Crippen LogP contribution in [0.3, 0.4) is 0 Å². The molecule has 4 aromatic carbocycles. The Morgan fingerprint density at radius 2 is 1.15 bits per heavy atom. The summed E-state index contributed by atoms with van der Waals surface area (Å²) in [4.78, 5) is 13.1. The normalized spacial score (nSPS) is 11.2. The van der Waals surface area contributed by atoms with E-state index in [9.17, 15) is 4.79 Å². The first kappa shape index (κ1) is 14.7. The Hall–Kier alpha value is -3.59. The molecule has 0 aliphatic carbocycles. The fourth-order valence-corrected chi connectivity index (χ4v) is 3.54. The maximum absolute atomic E-state index is 13.1. The highest BCUT2D eigenvalue weighted by atomic mass is 16.6. The summed E-state index contributed by atoms with van der Waals surface area (Å²) in [5, 5.41) is 4.04. The van der Waals surface area contributed by atoms with E-state index in [-0.39, 0.29) is 0 Å². The third kappa shape index (κ3) is 2.18. The standard InChI is InChI=1S/C23H15NO2/c25-23(26-22-15-7-9-16-8-1-2-10-17(16)22)24-20-13-5-3-11-18(20)19-12-4-6-14-21(19)24/h1-15H. The second-order valence-electron chi connectivity index (χ2n) is 6.21. The van der Waals surface area contributed by atoms with Crippen LogP contribution in [-0.4, -0.2) is 10.7 Å². The number of fused-ring (bicyclic) bond motifs is 4. The van der Waals surface area contributed by atoms with E-state index in [1.165, 1.54) is 0 Å². The number of rotatable bonds is 1. The van der Waals surface area contributed by atoms with Crippen molar-refractivity contribution in [3.8, 4) is 5.75 Å². The smallest absolute Gasteiger partial charge is 0.409 e. The summed E-state index contributed by atoms with van der Waals surface area (Å²) >= 11 is 0. The predicted octanol–water partition coefficient (Wildman–Crippen LogP) is 5.99. The SMILES string of the molecule is O=C(Oc1cccc2ccccc12)n1c2ccccc2c2ccccc21. The van der Waals surface area contributed by atoms with Gasteiger partial charge in [0.2, 0.25) is 0 Å². The van der Waals surface area contributed by atoms with Gasteiger partial charge in [0, 0.05) is 16.2 Å². The first-order valence-corrected chi connectivity index (χ1v) is 8.51. The molecule has 5 aromatic rings. The third-order valence-corrected chi connectivity index (χ3v) is 4.71. The summed E-state index contributed by atoms with van der Waals surface area (Å²) in [6.45, 7) is 0. The van der Waals surface area contributed by atoms with E-state index in [0.717, 1.165) is 32.6 Å². The van der Waals surface area contributed by atoms with E-state index < -0.39 is 6.09 Å². The van der Waals surface area contributed by atoms with E-state index in [2.05, 4.69) is 0 Å². The van der Waals surface area contributed by atoms with Crippen molar-refractivity contribution in [1.29, 1.82) is 0 Å². The van der Waals surface area contributed by atoms with Gasteiger partial charge in [-0.05, 0) is 23.6 Å². The zero-order chi connectivity index (χ0) is 17.5. The minimum Gasteiger partial charge on any atom is -0.409 e. The van der Waals surface area contributed by atoms with Crippen molar-refractivity contribution in [2.24, 2.45) is 0 Å². The molecule has 0 aliphatic rings. The third-order valence-electron chi connectivity index (χ3n) is 4.71. The van der Waals surface area contributed by atoms with Gasteiger partial charge in [-0.25, -0.2) is 9.36 Å². The second-order valence-corrected chi connectivity index (χ2v) is 6.21. The minimum atomic E-state index is -0.404. The number of hydrogen-bond acceptors (Lipinski definition) is 2. The Kier molecular flexibility index (Phi) is 3.25. The highest BCUT2D eigenvalue weighted by molar-refractivity contribution is 6.12. The maximum atomic E-state index is 13.1.